The van der Waals surface area contributed by atoms with Crippen LogP contribution in [0.4, 0.5) is 0 Å². The van der Waals surface area contributed by atoms with Crippen molar-refractivity contribution in [2.75, 3.05) is 26.3 Å². The number of nitrogens with zero attached hydrogens (tertiary/aromatic N) is 1. The van der Waals surface area contributed by atoms with Crippen molar-refractivity contribution in [3.05, 3.63) is 35.4 Å². The Morgan fingerprint density at radius 3 is 2.90 bits per heavy atom. The summed E-state index contributed by atoms with van der Waals surface area (Å²) < 4.78 is 31.6. The van der Waals surface area contributed by atoms with Crippen LogP contribution in [0, 0.1) is 0 Å². The molecule has 0 aliphatic carbocycles. The van der Waals surface area contributed by atoms with Crippen LogP contribution in [0.5, 0.6) is 0 Å². The highest BCUT2D eigenvalue weighted by atomic mass is 32.2. The fourth-order valence-electron chi connectivity index (χ4n) is 2.12. The molecule has 1 fully saturated rings. The molecule has 0 amide bonds. The number of benzene rings is 1. The molecule has 0 spiro atoms. The third-order valence-corrected chi connectivity index (χ3v) is 5.22. The van der Waals surface area contributed by atoms with Gasteiger partial charge in [0, 0.05) is 25.3 Å². The van der Waals surface area contributed by atoms with Crippen LogP contribution >= 0.6 is 12.2 Å². The average molecular weight is 314 g/mol. The number of hydrogen-bond donors (Lipinski definition) is 1. The largest absolute Gasteiger partial charge is 0.389 e. The second-order valence-corrected chi connectivity index (χ2v) is 7.09. The lowest BCUT2D eigenvalue weighted by Gasteiger charge is -2.19. The van der Waals surface area contributed by atoms with Gasteiger partial charge >= 0.3 is 0 Å². The van der Waals surface area contributed by atoms with E-state index in [1.165, 1.54) is 4.31 Å². The maximum absolute atomic E-state index is 12.4. The molecule has 7 heteroatoms. The number of rotatable bonds is 4. The van der Waals surface area contributed by atoms with Crippen molar-refractivity contribution >= 4 is 27.2 Å². The van der Waals surface area contributed by atoms with Gasteiger partial charge in [0.2, 0.25) is 10.0 Å². The first-order valence-corrected chi connectivity index (χ1v) is 8.45. The van der Waals surface area contributed by atoms with Gasteiger partial charge in [-0.05, 0) is 18.1 Å². The maximum atomic E-state index is 12.4. The van der Waals surface area contributed by atoms with E-state index >= 15 is 0 Å². The zero-order valence-corrected chi connectivity index (χ0v) is 12.8. The van der Waals surface area contributed by atoms with E-state index in [2.05, 4.69) is 0 Å². The summed E-state index contributed by atoms with van der Waals surface area (Å²) in [7, 11) is -3.33. The van der Waals surface area contributed by atoms with Crippen molar-refractivity contribution in [1.82, 2.24) is 4.31 Å². The molecule has 0 atom stereocenters. The topological polar surface area (TPSA) is 72.6 Å². The Morgan fingerprint density at radius 2 is 2.15 bits per heavy atom. The van der Waals surface area contributed by atoms with E-state index in [1.54, 1.807) is 24.3 Å². The van der Waals surface area contributed by atoms with Gasteiger partial charge in [-0.3, -0.25) is 0 Å². The minimum atomic E-state index is -3.33. The first-order valence-electron chi connectivity index (χ1n) is 6.43. The van der Waals surface area contributed by atoms with E-state index < -0.39 is 10.0 Å². The van der Waals surface area contributed by atoms with Gasteiger partial charge in [0.05, 0.1) is 12.4 Å². The minimum Gasteiger partial charge on any atom is -0.389 e. The molecule has 2 N–H and O–H groups in total. The summed E-state index contributed by atoms with van der Waals surface area (Å²) in [6.45, 7) is 1.99. The highest BCUT2D eigenvalue weighted by molar-refractivity contribution is 7.88. The fraction of sp³-hybridized carbons (Fsp3) is 0.462. The molecule has 0 radical (unpaired) electrons. The van der Waals surface area contributed by atoms with Gasteiger partial charge < -0.3 is 10.5 Å². The van der Waals surface area contributed by atoms with Crippen LogP contribution in [0.1, 0.15) is 17.5 Å². The molecule has 5 nitrogen and oxygen atoms in total. The molecule has 20 heavy (non-hydrogen) atoms. The van der Waals surface area contributed by atoms with Crippen molar-refractivity contribution in [1.29, 1.82) is 0 Å². The molecule has 1 heterocycles. The van der Waals surface area contributed by atoms with Crippen LogP contribution in [0.25, 0.3) is 0 Å². The summed E-state index contributed by atoms with van der Waals surface area (Å²) in [5, 5.41) is 0. The normalized spacial score (nSPS) is 17.6. The Hall–Kier alpha value is -1.02. The Kier molecular flexibility index (Phi) is 5.09. The molecule has 0 saturated carbocycles. The second-order valence-electron chi connectivity index (χ2n) is 4.69. The lowest BCUT2D eigenvalue weighted by atomic mass is 10.1. The van der Waals surface area contributed by atoms with Crippen LogP contribution in [-0.4, -0.2) is 44.0 Å². The Morgan fingerprint density at radius 1 is 1.35 bits per heavy atom. The van der Waals surface area contributed by atoms with Gasteiger partial charge in [-0.1, -0.05) is 30.4 Å². The summed E-state index contributed by atoms with van der Waals surface area (Å²) in [6, 6.07) is 7.05. The molecular formula is C13H18N2O3S2. The van der Waals surface area contributed by atoms with Crippen LogP contribution in [0.3, 0.4) is 0 Å². The standard InChI is InChI=1S/C13H18N2O3S2/c14-13(19)12-4-1-3-11(9-12)10-20(16,17)15-5-2-7-18-8-6-15/h1,3-4,9H,2,5-8,10H2,(H2,14,19). The molecule has 2 rings (SSSR count). The van der Waals surface area contributed by atoms with E-state index in [0.29, 0.717) is 37.4 Å². The van der Waals surface area contributed by atoms with Crippen LogP contribution in [0.15, 0.2) is 24.3 Å². The lowest BCUT2D eigenvalue weighted by molar-refractivity contribution is 0.148. The highest BCUT2D eigenvalue weighted by Crippen LogP contribution is 2.14. The molecule has 1 aromatic carbocycles. The third-order valence-electron chi connectivity index (χ3n) is 3.14. The SMILES string of the molecule is NC(=S)c1cccc(CS(=O)(=O)N2CCCOCC2)c1. The highest BCUT2D eigenvalue weighted by Gasteiger charge is 2.23. The summed E-state index contributed by atoms with van der Waals surface area (Å²) in [4.78, 5) is 0.271. The molecule has 0 unspecified atom stereocenters. The Balaban J connectivity index is 2.14. The predicted octanol–water partition coefficient (Wildman–Crippen LogP) is 0.873. The fourth-order valence-corrected chi connectivity index (χ4v) is 3.79. The molecule has 1 aliphatic rings. The lowest BCUT2D eigenvalue weighted by Crippen LogP contribution is -2.34. The zero-order valence-electron chi connectivity index (χ0n) is 11.1. The van der Waals surface area contributed by atoms with Crippen molar-refractivity contribution in [3.8, 4) is 0 Å². The van der Waals surface area contributed by atoms with Gasteiger partial charge in [-0.15, -0.1) is 0 Å². The monoisotopic (exact) mass is 314 g/mol. The zero-order chi connectivity index (χ0) is 14.6. The predicted molar refractivity (Wildman–Crippen MR) is 82.0 cm³/mol. The van der Waals surface area contributed by atoms with Crippen molar-refractivity contribution in [2.24, 2.45) is 5.73 Å². The van der Waals surface area contributed by atoms with Gasteiger partial charge in [0.15, 0.2) is 0 Å². The molecule has 110 valence electrons. The molecule has 1 saturated heterocycles. The Labute approximate surface area is 124 Å². The molecule has 0 bridgehead atoms. The number of hydrogen-bond acceptors (Lipinski definition) is 4. The van der Waals surface area contributed by atoms with Gasteiger partial charge in [0.1, 0.15) is 4.99 Å². The second kappa shape index (κ2) is 6.62. The number of sulfonamides is 1. The maximum Gasteiger partial charge on any atom is 0.218 e. The molecule has 0 aromatic heterocycles. The Bertz CT molecular complexity index is 579. The van der Waals surface area contributed by atoms with Gasteiger partial charge in [-0.2, -0.15) is 4.31 Å². The molecule has 1 aromatic rings. The quantitative estimate of drug-likeness (QED) is 0.835. The van der Waals surface area contributed by atoms with Gasteiger partial charge in [0.25, 0.3) is 0 Å². The first kappa shape index (κ1) is 15.4. The smallest absolute Gasteiger partial charge is 0.218 e. The van der Waals surface area contributed by atoms with Crippen molar-refractivity contribution in [2.45, 2.75) is 12.2 Å². The van der Waals surface area contributed by atoms with Gasteiger partial charge in [-0.25, -0.2) is 8.42 Å². The van der Waals surface area contributed by atoms with E-state index in [4.69, 9.17) is 22.7 Å². The number of thiocarbonyl (C=S) groups is 1. The van der Waals surface area contributed by atoms with E-state index in [9.17, 15) is 8.42 Å². The van der Waals surface area contributed by atoms with Crippen LogP contribution in [0.2, 0.25) is 0 Å². The first-order chi connectivity index (χ1) is 9.49. The number of nitrogens with two attached hydrogens (primary N) is 1. The van der Waals surface area contributed by atoms with Crippen molar-refractivity contribution < 1.29 is 13.2 Å². The third kappa shape index (κ3) is 3.99. The van der Waals surface area contributed by atoms with E-state index in [-0.39, 0.29) is 10.7 Å². The summed E-state index contributed by atoms with van der Waals surface area (Å²) >= 11 is 4.91. The average Bonchev–Trinajstić information content (AvgIpc) is 2.67. The van der Waals surface area contributed by atoms with E-state index in [0.717, 1.165) is 6.42 Å². The molecule has 1 aliphatic heterocycles. The number of ether oxygens (including phenoxy) is 1. The molecular weight excluding hydrogens is 296 g/mol. The van der Waals surface area contributed by atoms with Crippen LogP contribution in [-0.2, 0) is 20.5 Å². The summed E-state index contributed by atoms with van der Waals surface area (Å²) in [5.41, 5.74) is 6.95. The summed E-state index contributed by atoms with van der Waals surface area (Å²) in [5.74, 6) is -0.0382. The minimum absolute atomic E-state index is 0.0382. The van der Waals surface area contributed by atoms with E-state index in [1.807, 2.05) is 0 Å². The van der Waals surface area contributed by atoms with Crippen molar-refractivity contribution in [3.63, 3.8) is 0 Å². The van der Waals surface area contributed by atoms with Crippen LogP contribution < -0.4 is 5.73 Å². The summed E-state index contributed by atoms with van der Waals surface area (Å²) in [6.07, 6.45) is 0.728.